The fourth-order valence-electron chi connectivity index (χ4n) is 1.04. The molecule has 13 heavy (non-hydrogen) atoms. The second-order valence-corrected chi connectivity index (χ2v) is 3.79. The molecule has 1 rings (SSSR count). The van der Waals surface area contributed by atoms with E-state index in [2.05, 4.69) is 22.0 Å². The second kappa shape index (κ2) is 4.40. The van der Waals surface area contributed by atoms with Crippen LogP contribution in [0.5, 0.6) is 0 Å². The highest BCUT2D eigenvalue weighted by atomic mass is 79.9. The van der Waals surface area contributed by atoms with Gasteiger partial charge in [-0.1, -0.05) is 13.0 Å². The first-order chi connectivity index (χ1) is 6.19. The van der Waals surface area contributed by atoms with Crippen molar-refractivity contribution in [1.82, 2.24) is 0 Å². The van der Waals surface area contributed by atoms with E-state index in [-0.39, 0.29) is 12.5 Å². The summed E-state index contributed by atoms with van der Waals surface area (Å²) in [5.41, 5.74) is 1.60. The first kappa shape index (κ1) is 10.2. The van der Waals surface area contributed by atoms with Gasteiger partial charge in [-0.05, 0) is 33.6 Å². The Hall–Kier alpha value is -0.850. The summed E-state index contributed by atoms with van der Waals surface area (Å²) in [6.45, 7) is 2.02. The van der Waals surface area contributed by atoms with Crippen LogP contribution in [-0.4, -0.2) is 11.7 Å². The molecule has 1 N–H and O–H groups in total. The number of hydrogen-bond donors (Lipinski definition) is 1. The number of nitriles is 1. The van der Waals surface area contributed by atoms with Crippen molar-refractivity contribution in [2.24, 2.45) is 0 Å². The normalized spacial score (nSPS) is 12.2. The molecule has 0 aromatic heterocycles. The number of benzene rings is 1. The predicted octanol–water partition coefficient (Wildman–Crippen LogP) is 2.42. The Morgan fingerprint density at radius 2 is 2.31 bits per heavy atom. The molecule has 0 amide bonds. The minimum Gasteiger partial charge on any atom is -0.396 e. The van der Waals surface area contributed by atoms with Crippen LogP contribution < -0.4 is 0 Å². The fourth-order valence-corrected chi connectivity index (χ4v) is 1.38. The highest BCUT2D eigenvalue weighted by molar-refractivity contribution is 9.10. The molecule has 0 aliphatic rings. The largest absolute Gasteiger partial charge is 0.396 e. The van der Waals surface area contributed by atoms with Crippen molar-refractivity contribution in [2.75, 3.05) is 6.61 Å². The smallest absolute Gasteiger partial charge is 0.100 e. The molecule has 0 spiro atoms. The van der Waals surface area contributed by atoms with Crippen LogP contribution in [0.15, 0.2) is 22.7 Å². The first-order valence-electron chi connectivity index (χ1n) is 3.99. The highest BCUT2D eigenvalue weighted by Crippen LogP contribution is 2.22. The number of nitrogens with zero attached hydrogens (tertiary/aromatic N) is 1. The number of rotatable bonds is 2. The van der Waals surface area contributed by atoms with Crippen LogP contribution in [0.2, 0.25) is 0 Å². The lowest BCUT2D eigenvalue weighted by molar-refractivity contribution is 0.273. The molecule has 68 valence electrons. The quantitative estimate of drug-likeness (QED) is 0.862. The number of aliphatic hydroxyl groups excluding tert-OH is 1. The molecule has 3 heteroatoms. The molecule has 1 aromatic carbocycles. The van der Waals surface area contributed by atoms with Crippen LogP contribution in [-0.2, 0) is 0 Å². The van der Waals surface area contributed by atoms with Gasteiger partial charge in [-0.3, -0.25) is 0 Å². The summed E-state index contributed by atoms with van der Waals surface area (Å²) in [4.78, 5) is 0. The van der Waals surface area contributed by atoms with Gasteiger partial charge in [0.05, 0.1) is 5.56 Å². The van der Waals surface area contributed by atoms with E-state index in [9.17, 15) is 0 Å². The summed E-state index contributed by atoms with van der Waals surface area (Å²) in [6, 6.07) is 7.62. The van der Waals surface area contributed by atoms with Gasteiger partial charge in [0.2, 0.25) is 0 Å². The minimum absolute atomic E-state index is 0.0835. The zero-order valence-electron chi connectivity index (χ0n) is 7.29. The van der Waals surface area contributed by atoms with Crippen molar-refractivity contribution in [1.29, 1.82) is 5.26 Å². The summed E-state index contributed by atoms with van der Waals surface area (Å²) < 4.78 is 0.795. The molecule has 0 saturated carbocycles. The SMILES string of the molecule is CC(CO)c1ccc(Br)c(C#N)c1. The number of aliphatic hydroxyl groups is 1. The zero-order chi connectivity index (χ0) is 9.84. The molecule has 0 saturated heterocycles. The van der Waals surface area contributed by atoms with Gasteiger partial charge >= 0.3 is 0 Å². The molecule has 1 unspecified atom stereocenters. The van der Waals surface area contributed by atoms with Gasteiger partial charge < -0.3 is 5.11 Å². The van der Waals surface area contributed by atoms with Crippen LogP contribution in [0.25, 0.3) is 0 Å². The third-order valence-corrected chi connectivity index (χ3v) is 2.65. The molecule has 0 fully saturated rings. The summed E-state index contributed by atoms with van der Waals surface area (Å²) in [6.07, 6.45) is 0. The Kier molecular flexibility index (Phi) is 3.47. The van der Waals surface area contributed by atoms with Crippen LogP contribution in [0.1, 0.15) is 24.0 Å². The molecule has 0 heterocycles. The third kappa shape index (κ3) is 2.30. The Balaban J connectivity index is 3.08. The average Bonchev–Trinajstić information content (AvgIpc) is 2.17. The van der Waals surface area contributed by atoms with E-state index in [4.69, 9.17) is 10.4 Å². The van der Waals surface area contributed by atoms with Gasteiger partial charge in [-0.2, -0.15) is 5.26 Å². The molecule has 1 aromatic rings. The molecular formula is C10H10BrNO. The van der Waals surface area contributed by atoms with Crippen LogP contribution in [0.3, 0.4) is 0 Å². The third-order valence-electron chi connectivity index (χ3n) is 1.95. The molecule has 1 atom stereocenters. The van der Waals surface area contributed by atoms with E-state index >= 15 is 0 Å². The van der Waals surface area contributed by atoms with E-state index in [1.165, 1.54) is 0 Å². The van der Waals surface area contributed by atoms with Gasteiger partial charge in [-0.25, -0.2) is 0 Å². The van der Waals surface area contributed by atoms with Gasteiger partial charge in [0, 0.05) is 17.0 Å². The Morgan fingerprint density at radius 3 is 2.85 bits per heavy atom. The maximum absolute atomic E-state index is 8.93. The summed E-state index contributed by atoms with van der Waals surface area (Å²) >= 11 is 3.28. The predicted molar refractivity (Wildman–Crippen MR) is 54.4 cm³/mol. The number of halogens is 1. The Bertz CT molecular complexity index is 343. The standard InChI is InChI=1S/C10H10BrNO/c1-7(6-13)8-2-3-10(11)9(4-8)5-12/h2-4,7,13H,6H2,1H3. The van der Waals surface area contributed by atoms with E-state index in [1.54, 1.807) is 6.07 Å². The van der Waals surface area contributed by atoms with Gasteiger partial charge in [0.15, 0.2) is 0 Å². The lowest BCUT2D eigenvalue weighted by Gasteiger charge is -2.08. The van der Waals surface area contributed by atoms with Crippen molar-refractivity contribution < 1.29 is 5.11 Å². The second-order valence-electron chi connectivity index (χ2n) is 2.93. The fraction of sp³-hybridized carbons (Fsp3) is 0.300. The topological polar surface area (TPSA) is 44.0 Å². The van der Waals surface area contributed by atoms with Gasteiger partial charge in [0.25, 0.3) is 0 Å². The van der Waals surface area contributed by atoms with Crippen LogP contribution in [0.4, 0.5) is 0 Å². The lowest BCUT2D eigenvalue weighted by Crippen LogP contribution is -1.99. The maximum Gasteiger partial charge on any atom is 0.100 e. The Morgan fingerprint density at radius 1 is 1.62 bits per heavy atom. The van der Waals surface area contributed by atoms with Crippen LogP contribution in [0, 0.1) is 11.3 Å². The van der Waals surface area contributed by atoms with Crippen LogP contribution >= 0.6 is 15.9 Å². The van der Waals surface area contributed by atoms with E-state index < -0.39 is 0 Å². The van der Waals surface area contributed by atoms with Crippen molar-refractivity contribution in [3.8, 4) is 6.07 Å². The molecule has 0 aliphatic carbocycles. The van der Waals surface area contributed by atoms with Crippen molar-refractivity contribution >= 4 is 15.9 Å². The average molecular weight is 240 g/mol. The first-order valence-corrected chi connectivity index (χ1v) is 4.78. The van der Waals surface area contributed by atoms with Crippen molar-refractivity contribution in [3.63, 3.8) is 0 Å². The zero-order valence-corrected chi connectivity index (χ0v) is 8.87. The minimum atomic E-state index is 0.0835. The molecule has 2 nitrogen and oxygen atoms in total. The van der Waals surface area contributed by atoms with Crippen molar-refractivity contribution in [3.05, 3.63) is 33.8 Å². The lowest BCUT2D eigenvalue weighted by atomic mass is 10.0. The highest BCUT2D eigenvalue weighted by Gasteiger charge is 2.06. The van der Waals surface area contributed by atoms with Gasteiger partial charge in [-0.15, -0.1) is 0 Å². The summed E-state index contributed by atoms with van der Waals surface area (Å²) in [5, 5.41) is 17.7. The monoisotopic (exact) mass is 239 g/mol. The Labute approximate surface area is 85.9 Å². The maximum atomic E-state index is 8.93. The van der Waals surface area contributed by atoms with Gasteiger partial charge in [0.1, 0.15) is 6.07 Å². The molecule has 0 bridgehead atoms. The van der Waals surface area contributed by atoms with E-state index in [1.807, 2.05) is 19.1 Å². The molecule has 0 aliphatic heterocycles. The van der Waals surface area contributed by atoms with E-state index in [0.29, 0.717) is 5.56 Å². The van der Waals surface area contributed by atoms with E-state index in [0.717, 1.165) is 10.0 Å². The number of hydrogen-bond acceptors (Lipinski definition) is 2. The van der Waals surface area contributed by atoms with Crippen molar-refractivity contribution in [2.45, 2.75) is 12.8 Å². The molecular weight excluding hydrogens is 230 g/mol. The molecule has 0 radical (unpaired) electrons. The summed E-state index contributed by atoms with van der Waals surface area (Å²) in [5.74, 6) is 0.0835. The summed E-state index contributed by atoms with van der Waals surface area (Å²) in [7, 11) is 0.